The Labute approximate surface area is 126 Å². The summed E-state index contributed by atoms with van der Waals surface area (Å²) in [6, 6.07) is 9.37. The van der Waals surface area contributed by atoms with Crippen molar-refractivity contribution in [3.05, 3.63) is 47.7 Å². The summed E-state index contributed by atoms with van der Waals surface area (Å²) in [6.07, 6.45) is 1.37. The molecule has 0 atom stereocenters. The summed E-state index contributed by atoms with van der Waals surface area (Å²) in [7, 11) is 0. The zero-order valence-electron chi connectivity index (χ0n) is 12.3. The maximum absolute atomic E-state index is 11.8. The lowest BCUT2D eigenvalue weighted by atomic mass is 10.1. The Balaban J connectivity index is 2.16. The molecule has 0 spiro atoms. The molecule has 0 saturated heterocycles. The van der Waals surface area contributed by atoms with Crippen LogP contribution in [-0.4, -0.2) is 32.7 Å². The molecule has 0 radical (unpaired) electrons. The molecule has 6 heteroatoms. The quantitative estimate of drug-likeness (QED) is 0.594. The molecule has 3 aromatic rings. The van der Waals surface area contributed by atoms with E-state index in [1.54, 1.807) is 13.0 Å². The fourth-order valence-electron chi connectivity index (χ4n) is 2.24. The first-order chi connectivity index (χ1) is 10.6. The van der Waals surface area contributed by atoms with E-state index in [0.29, 0.717) is 28.9 Å². The number of carbonyl (C=O) groups is 1. The van der Waals surface area contributed by atoms with Crippen molar-refractivity contribution in [2.24, 2.45) is 0 Å². The Morgan fingerprint density at radius 1 is 1.32 bits per heavy atom. The lowest BCUT2D eigenvalue weighted by molar-refractivity contribution is 0.0526. The van der Waals surface area contributed by atoms with Crippen molar-refractivity contribution in [3.8, 4) is 11.3 Å². The van der Waals surface area contributed by atoms with Crippen LogP contribution in [0.3, 0.4) is 0 Å². The normalized spacial score (nSPS) is 10.8. The summed E-state index contributed by atoms with van der Waals surface area (Å²) < 4.78 is 4.98. The summed E-state index contributed by atoms with van der Waals surface area (Å²) in [5.41, 5.74) is 3.16. The van der Waals surface area contributed by atoms with Gasteiger partial charge in [-0.3, -0.25) is 0 Å². The molecule has 0 aliphatic carbocycles. The number of ether oxygens (including phenoxy) is 1. The highest BCUT2D eigenvalue weighted by molar-refractivity contribution is 5.97. The van der Waals surface area contributed by atoms with Gasteiger partial charge in [-0.05, 0) is 19.9 Å². The lowest BCUT2D eigenvalue weighted by Gasteiger charge is -2.02. The molecule has 0 amide bonds. The van der Waals surface area contributed by atoms with E-state index in [9.17, 15) is 10.0 Å². The average Bonchev–Trinajstić information content (AvgIpc) is 2.85. The van der Waals surface area contributed by atoms with E-state index < -0.39 is 5.97 Å². The molecule has 6 nitrogen and oxygen atoms in total. The number of aromatic nitrogens is 3. The standard InChI is InChI=1S/C16H15N3O3/c1-3-22-16(20)12-8-13-14(11-6-4-10(2)5-7-11)18-19(21)15(13)17-9-12/h4-9,21H,3H2,1-2H3. The molecule has 2 aromatic heterocycles. The van der Waals surface area contributed by atoms with Crippen LogP contribution in [0.25, 0.3) is 22.3 Å². The fraction of sp³-hybridized carbons (Fsp3) is 0.188. The van der Waals surface area contributed by atoms with E-state index in [4.69, 9.17) is 4.74 Å². The minimum absolute atomic E-state index is 0.293. The molecule has 0 unspecified atom stereocenters. The van der Waals surface area contributed by atoms with E-state index in [1.165, 1.54) is 6.20 Å². The molecule has 0 fully saturated rings. The van der Waals surface area contributed by atoms with Crippen LogP contribution >= 0.6 is 0 Å². The van der Waals surface area contributed by atoms with Crippen LogP contribution in [0.2, 0.25) is 0 Å². The number of hydrogen-bond donors (Lipinski definition) is 1. The Morgan fingerprint density at radius 3 is 2.73 bits per heavy atom. The number of hydrogen-bond acceptors (Lipinski definition) is 5. The van der Waals surface area contributed by atoms with Gasteiger partial charge in [0.25, 0.3) is 0 Å². The summed E-state index contributed by atoms with van der Waals surface area (Å²) in [4.78, 5) is 16.7. The van der Waals surface area contributed by atoms with E-state index in [-0.39, 0.29) is 0 Å². The van der Waals surface area contributed by atoms with Gasteiger partial charge in [0.05, 0.1) is 17.6 Å². The Hall–Kier alpha value is -2.89. The van der Waals surface area contributed by atoms with Gasteiger partial charge in [-0.1, -0.05) is 34.7 Å². The van der Waals surface area contributed by atoms with Crippen molar-refractivity contribution in [2.45, 2.75) is 13.8 Å². The van der Waals surface area contributed by atoms with Crippen LogP contribution in [0, 0.1) is 6.92 Å². The molecule has 0 saturated carbocycles. The fourth-order valence-corrected chi connectivity index (χ4v) is 2.24. The highest BCUT2D eigenvalue weighted by Gasteiger charge is 2.16. The number of nitrogens with zero attached hydrogens (tertiary/aromatic N) is 3. The van der Waals surface area contributed by atoms with Crippen molar-refractivity contribution in [1.29, 1.82) is 0 Å². The van der Waals surface area contributed by atoms with Gasteiger partial charge in [0.15, 0.2) is 5.65 Å². The zero-order valence-corrected chi connectivity index (χ0v) is 12.3. The minimum Gasteiger partial charge on any atom is -0.462 e. The van der Waals surface area contributed by atoms with Crippen LogP contribution in [0.5, 0.6) is 0 Å². The maximum atomic E-state index is 11.8. The molecule has 22 heavy (non-hydrogen) atoms. The van der Waals surface area contributed by atoms with E-state index >= 15 is 0 Å². The number of pyridine rings is 1. The first-order valence-corrected chi connectivity index (χ1v) is 6.92. The number of rotatable bonds is 3. The number of carbonyl (C=O) groups excluding carboxylic acids is 1. The largest absolute Gasteiger partial charge is 0.462 e. The average molecular weight is 297 g/mol. The van der Waals surface area contributed by atoms with Gasteiger partial charge < -0.3 is 9.94 Å². The van der Waals surface area contributed by atoms with Crippen LogP contribution in [-0.2, 0) is 4.74 Å². The van der Waals surface area contributed by atoms with Gasteiger partial charge in [0.2, 0.25) is 0 Å². The highest BCUT2D eigenvalue weighted by atomic mass is 16.5. The molecule has 2 heterocycles. The summed E-state index contributed by atoms with van der Waals surface area (Å²) in [5, 5.41) is 14.6. The second-order valence-electron chi connectivity index (χ2n) is 4.92. The van der Waals surface area contributed by atoms with Crippen molar-refractivity contribution >= 4 is 17.0 Å². The topological polar surface area (TPSA) is 77.2 Å². The van der Waals surface area contributed by atoms with Crippen LogP contribution in [0.4, 0.5) is 0 Å². The van der Waals surface area contributed by atoms with Crippen molar-refractivity contribution < 1.29 is 14.7 Å². The summed E-state index contributed by atoms with van der Waals surface area (Å²) in [6.45, 7) is 4.03. The molecule has 0 bridgehead atoms. The number of aryl methyl sites for hydroxylation is 1. The third-order valence-electron chi connectivity index (χ3n) is 3.34. The van der Waals surface area contributed by atoms with E-state index in [1.807, 2.05) is 31.2 Å². The van der Waals surface area contributed by atoms with Crippen LogP contribution in [0.15, 0.2) is 36.5 Å². The molecular weight excluding hydrogens is 282 g/mol. The number of esters is 1. The molecule has 1 N–H and O–H groups in total. The SMILES string of the molecule is CCOC(=O)c1cnc2c(c1)c(-c1ccc(C)cc1)nn2O. The van der Waals surface area contributed by atoms with Gasteiger partial charge >= 0.3 is 5.97 Å². The molecular formula is C16H15N3O3. The van der Waals surface area contributed by atoms with Gasteiger partial charge in [-0.2, -0.15) is 0 Å². The van der Waals surface area contributed by atoms with Gasteiger partial charge in [0.1, 0.15) is 5.69 Å². The smallest absolute Gasteiger partial charge is 0.339 e. The zero-order chi connectivity index (χ0) is 15.7. The van der Waals surface area contributed by atoms with Crippen LogP contribution in [0.1, 0.15) is 22.8 Å². The number of benzene rings is 1. The monoisotopic (exact) mass is 297 g/mol. The summed E-state index contributed by atoms with van der Waals surface area (Å²) >= 11 is 0. The van der Waals surface area contributed by atoms with Crippen molar-refractivity contribution in [3.63, 3.8) is 0 Å². The third kappa shape index (κ3) is 2.39. The second kappa shape index (κ2) is 5.48. The first-order valence-electron chi connectivity index (χ1n) is 6.92. The molecule has 0 aliphatic heterocycles. The van der Waals surface area contributed by atoms with Crippen molar-refractivity contribution in [1.82, 2.24) is 14.9 Å². The molecule has 3 rings (SSSR count). The lowest BCUT2D eigenvalue weighted by Crippen LogP contribution is -2.05. The van der Waals surface area contributed by atoms with Gasteiger partial charge in [-0.15, -0.1) is 5.10 Å². The maximum Gasteiger partial charge on any atom is 0.339 e. The Kier molecular flexibility index (Phi) is 3.50. The van der Waals surface area contributed by atoms with Gasteiger partial charge in [-0.25, -0.2) is 9.78 Å². The Morgan fingerprint density at radius 2 is 2.05 bits per heavy atom. The van der Waals surface area contributed by atoms with Crippen molar-refractivity contribution in [2.75, 3.05) is 6.61 Å². The Bertz CT molecular complexity index is 838. The number of fused-ring (bicyclic) bond motifs is 1. The van der Waals surface area contributed by atoms with Crippen LogP contribution < -0.4 is 0 Å². The second-order valence-corrected chi connectivity index (χ2v) is 4.92. The first kappa shape index (κ1) is 14.1. The van der Waals surface area contributed by atoms with Gasteiger partial charge in [0, 0.05) is 11.8 Å². The molecule has 1 aromatic carbocycles. The molecule has 112 valence electrons. The minimum atomic E-state index is -0.447. The molecule has 0 aliphatic rings. The predicted octanol–water partition coefficient (Wildman–Crippen LogP) is 2.82. The van der Waals surface area contributed by atoms with E-state index in [0.717, 1.165) is 16.0 Å². The summed E-state index contributed by atoms with van der Waals surface area (Å²) in [5.74, 6) is -0.447. The predicted molar refractivity (Wildman–Crippen MR) is 80.8 cm³/mol. The highest BCUT2D eigenvalue weighted by Crippen LogP contribution is 2.27. The van der Waals surface area contributed by atoms with E-state index in [2.05, 4.69) is 10.1 Å². The third-order valence-corrected chi connectivity index (χ3v) is 3.34.